The van der Waals surface area contributed by atoms with E-state index in [0.29, 0.717) is 27.9 Å². The number of Topliss-reactive ketones (excluding diaryl/α,β-unsaturated/α-hetero) is 1. The number of fused-ring (bicyclic) bond motifs is 7. The molecule has 4 saturated carbocycles. The molecule has 0 saturated heterocycles. The summed E-state index contributed by atoms with van der Waals surface area (Å²) in [7, 11) is 0. The number of hydrogen-bond donors (Lipinski definition) is 0. The fraction of sp³-hybridized carbons (Fsp3) is 0.839. The van der Waals surface area contributed by atoms with Gasteiger partial charge in [-0.2, -0.15) is 25.2 Å². The van der Waals surface area contributed by atoms with Crippen LogP contribution >= 0.6 is 0 Å². The van der Waals surface area contributed by atoms with E-state index in [2.05, 4.69) is 61.0 Å². The number of allylic oxidation sites excluding steroid dienone is 2. The van der Waals surface area contributed by atoms with Gasteiger partial charge >= 0.3 is 0 Å². The van der Waals surface area contributed by atoms with Gasteiger partial charge in [0.05, 0.1) is 0 Å². The second-order valence-corrected chi connectivity index (χ2v) is 14.4. The number of ketones is 1. The second kappa shape index (κ2) is 9.16. The average molecular weight is 672 g/mol. The maximum atomic E-state index is 13.2. The van der Waals surface area contributed by atoms with Gasteiger partial charge in [-0.05, 0) is 60.7 Å². The molecule has 0 spiro atoms. The molecule has 4 unspecified atom stereocenters. The maximum Gasteiger partial charge on any atom is 0.106 e. The molecule has 4 fully saturated rings. The summed E-state index contributed by atoms with van der Waals surface area (Å²) in [5, 5.41) is 0. The fourth-order valence-electron chi connectivity index (χ4n) is 10.1. The fourth-order valence-corrected chi connectivity index (χ4v) is 10.1. The zero-order chi connectivity index (χ0) is 23.3. The molecular formula is C31H48OVW-2. The Morgan fingerprint density at radius 3 is 2.38 bits per heavy atom. The van der Waals surface area contributed by atoms with Gasteiger partial charge in [0.25, 0.3) is 0 Å². The molecule has 0 bridgehead atoms. The van der Waals surface area contributed by atoms with Crippen molar-refractivity contribution in [1.82, 2.24) is 0 Å². The monoisotopic (exact) mass is 671 g/mol. The first kappa shape index (κ1) is 29.2. The molecule has 0 aromatic heterocycles. The summed E-state index contributed by atoms with van der Waals surface area (Å²) >= 11 is 0. The van der Waals surface area contributed by atoms with E-state index in [4.69, 9.17) is 0 Å². The normalized spacial score (nSPS) is 49.6. The van der Waals surface area contributed by atoms with Gasteiger partial charge < -0.3 is 17.1 Å². The Balaban J connectivity index is 0.00000162. The zero-order valence-electron chi connectivity index (χ0n) is 23.1. The van der Waals surface area contributed by atoms with Crippen LogP contribution in [0.2, 0.25) is 0 Å². The van der Waals surface area contributed by atoms with Gasteiger partial charge in [0, 0.05) is 39.6 Å². The van der Waals surface area contributed by atoms with Crippen LogP contribution in [0, 0.1) is 63.1 Å². The topological polar surface area (TPSA) is 17.1 Å². The van der Waals surface area contributed by atoms with Crippen LogP contribution in [-0.4, -0.2) is 5.78 Å². The van der Waals surface area contributed by atoms with Gasteiger partial charge in [-0.1, -0.05) is 89.7 Å². The Hall–Kier alpha value is 0.683. The molecule has 3 heteroatoms. The Morgan fingerprint density at radius 1 is 1.06 bits per heavy atom. The summed E-state index contributed by atoms with van der Waals surface area (Å²) in [5.41, 5.74) is 2.81. The summed E-state index contributed by atoms with van der Waals surface area (Å²) in [6.45, 7) is 19.6. The van der Waals surface area contributed by atoms with E-state index in [1.807, 2.05) is 6.92 Å². The molecule has 5 rings (SSSR count). The molecule has 5 aliphatic rings. The van der Waals surface area contributed by atoms with Crippen LogP contribution in [0.3, 0.4) is 0 Å². The van der Waals surface area contributed by atoms with E-state index in [1.54, 1.807) is 11.5 Å². The molecule has 0 aliphatic heterocycles. The Labute approximate surface area is 237 Å². The largest absolute Gasteiger partial charge is 0.314 e. The summed E-state index contributed by atoms with van der Waals surface area (Å²) in [6.07, 6.45) is 16.5. The van der Waals surface area contributed by atoms with Crippen LogP contribution in [0.15, 0.2) is 11.6 Å². The minimum absolute atomic E-state index is 0. The van der Waals surface area contributed by atoms with E-state index in [0.717, 1.165) is 30.6 Å². The predicted molar refractivity (Wildman–Crippen MR) is 134 cm³/mol. The van der Waals surface area contributed by atoms with Crippen molar-refractivity contribution in [2.75, 3.05) is 0 Å². The first-order valence-corrected chi connectivity index (χ1v) is 13.7. The van der Waals surface area contributed by atoms with E-state index >= 15 is 0 Å². The third-order valence-corrected chi connectivity index (χ3v) is 12.7. The minimum Gasteiger partial charge on any atom is -0.314 e. The van der Waals surface area contributed by atoms with Crippen molar-refractivity contribution < 1.29 is 44.4 Å². The van der Waals surface area contributed by atoms with E-state index in [-0.39, 0.29) is 50.5 Å². The summed E-state index contributed by atoms with van der Waals surface area (Å²) in [6, 6.07) is 0. The molecule has 34 heavy (non-hydrogen) atoms. The minimum atomic E-state index is -0.199. The van der Waals surface area contributed by atoms with Crippen molar-refractivity contribution in [2.45, 2.75) is 113 Å². The SMILES string of the molecule is CC(=O)C12[CH-]C[C@]3(C)C(=CCC4C5(C)CC[C@H](C)[C-](C)[C@@H]5CC[C@@]43C)C1CC(C)(C)CC2.[V].[W]. The quantitative estimate of drug-likeness (QED) is 0.202. The van der Waals surface area contributed by atoms with Crippen molar-refractivity contribution >= 4 is 5.78 Å². The van der Waals surface area contributed by atoms with Crippen molar-refractivity contribution in [1.29, 1.82) is 0 Å². The van der Waals surface area contributed by atoms with Gasteiger partial charge in [0.1, 0.15) is 5.78 Å². The molecule has 191 valence electrons. The molecule has 1 radical (unpaired) electrons. The molecule has 1 nitrogen and oxygen atoms in total. The van der Waals surface area contributed by atoms with E-state index in [9.17, 15) is 4.79 Å². The van der Waals surface area contributed by atoms with Crippen molar-refractivity contribution in [3.05, 3.63) is 24.0 Å². The van der Waals surface area contributed by atoms with Crippen molar-refractivity contribution in [3.8, 4) is 0 Å². The van der Waals surface area contributed by atoms with E-state index < -0.39 is 0 Å². The van der Waals surface area contributed by atoms with Crippen LogP contribution in [0.4, 0.5) is 0 Å². The Bertz CT molecular complexity index is 848. The standard InChI is InChI=1S/C31H48O.V.W/c1-20-11-13-28(6)23(21(20)2)12-14-30(8)26(28)10-9-24-25-19-27(4,5)15-17-31(25,22(3)32)18-16-29(24,30)7;;/h9,18,20,23,25-26H,10-17,19H2,1-8H3;;/q-2;;/t20-,23-,25?,26?,28?,29+,30-,31?;;/m0../s1. The average Bonchev–Trinajstić information content (AvgIpc) is 2.71. The van der Waals surface area contributed by atoms with Gasteiger partial charge in [0.2, 0.25) is 0 Å². The third-order valence-electron chi connectivity index (χ3n) is 12.7. The van der Waals surface area contributed by atoms with Crippen LogP contribution in [0.25, 0.3) is 0 Å². The molecular weight excluding hydrogens is 623 g/mol. The van der Waals surface area contributed by atoms with Crippen LogP contribution < -0.4 is 0 Å². The molecule has 0 aromatic carbocycles. The Morgan fingerprint density at radius 2 is 1.74 bits per heavy atom. The maximum absolute atomic E-state index is 13.2. The van der Waals surface area contributed by atoms with Gasteiger partial charge in [-0.25, -0.2) is 0 Å². The van der Waals surface area contributed by atoms with Gasteiger partial charge in [-0.15, -0.1) is 0 Å². The molecule has 5 aliphatic carbocycles. The van der Waals surface area contributed by atoms with Crippen LogP contribution in [0.5, 0.6) is 0 Å². The van der Waals surface area contributed by atoms with Crippen LogP contribution in [0.1, 0.15) is 113 Å². The predicted octanol–water partition coefficient (Wildman–Crippen LogP) is 8.39. The van der Waals surface area contributed by atoms with E-state index in [1.165, 1.54) is 44.9 Å². The van der Waals surface area contributed by atoms with Gasteiger partial charge in [-0.3, -0.25) is 0 Å². The number of carbonyl (C=O) groups excluding carboxylic acids is 1. The van der Waals surface area contributed by atoms with Gasteiger partial charge in [0.15, 0.2) is 0 Å². The first-order valence-electron chi connectivity index (χ1n) is 13.7. The zero-order valence-corrected chi connectivity index (χ0v) is 27.4. The third kappa shape index (κ3) is 3.74. The number of hydrogen-bond acceptors (Lipinski definition) is 1. The summed E-state index contributed by atoms with van der Waals surface area (Å²) < 4.78 is 0. The smallest absolute Gasteiger partial charge is 0.106 e. The molecule has 8 atom stereocenters. The second-order valence-electron chi connectivity index (χ2n) is 14.4. The summed E-state index contributed by atoms with van der Waals surface area (Å²) in [4.78, 5) is 13.2. The van der Waals surface area contributed by atoms with Crippen molar-refractivity contribution in [3.63, 3.8) is 0 Å². The molecule has 0 amide bonds. The summed E-state index contributed by atoms with van der Waals surface area (Å²) in [5.74, 6) is 5.01. The van der Waals surface area contributed by atoms with Crippen molar-refractivity contribution in [2.24, 2.45) is 50.7 Å². The molecule has 0 N–H and O–H groups in total. The first-order chi connectivity index (χ1) is 14.8. The van der Waals surface area contributed by atoms with Crippen LogP contribution in [-0.2, 0) is 44.4 Å². The Kier molecular flexibility index (Phi) is 7.88. The number of rotatable bonds is 1. The molecule has 0 aromatic rings. The molecule has 0 heterocycles. The number of carbonyl (C=O) groups is 1.